The second-order valence-electron chi connectivity index (χ2n) is 22.5. The Morgan fingerprint density at radius 2 is 0.616 bits per heavy atom. The molecule has 0 N–H and O–H groups in total. The Labute approximate surface area is 502 Å². The molecule has 0 saturated carbocycles. The van der Waals surface area contributed by atoms with Gasteiger partial charge < -0.3 is 19.6 Å². The summed E-state index contributed by atoms with van der Waals surface area (Å²) in [5, 5.41) is 0. The molecule has 0 bridgehead atoms. The lowest BCUT2D eigenvalue weighted by Crippen LogP contribution is -2.27. The van der Waals surface area contributed by atoms with Crippen LogP contribution in [0.3, 0.4) is 0 Å². The molecular weight excluding hydrogens is 1040 g/mol. The number of para-hydroxylation sites is 2. The molecule has 0 fully saturated rings. The van der Waals surface area contributed by atoms with Crippen LogP contribution in [0, 0.1) is 0 Å². The SMILES string of the molecule is C1=Cc2cc(-c3ccccc3-c3cc(-c4ccccc4-c4ccc(-c5cccc(-c6ccc(-c7ccccc7)cc6)c5)nc4)cc(-c4ccccc4-c4ccc5c(c4)C=CC4=CN(c6ccccc6)CN45)c3)ccc2N2CN(c3ccccc3)C=C12. The summed E-state index contributed by atoms with van der Waals surface area (Å²) in [6.07, 6.45) is 15.6. The van der Waals surface area contributed by atoms with Gasteiger partial charge in [-0.15, -0.1) is 0 Å². The van der Waals surface area contributed by atoms with E-state index < -0.39 is 0 Å². The molecule has 0 spiro atoms. The molecule has 5 nitrogen and oxygen atoms in total. The van der Waals surface area contributed by atoms with E-state index in [1.165, 1.54) is 95.3 Å². The van der Waals surface area contributed by atoms with Gasteiger partial charge in [0.05, 0.1) is 41.8 Å². The van der Waals surface area contributed by atoms with Gasteiger partial charge >= 0.3 is 0 Å². The molecule has 5 heteroatoms. The van der Waals surface area contributed by atoms with Crippen LogP contribution >= 0.6 is 0 Å². The van der Waals surface area contributed by atoms with Crippen LogP contribution in [0.4, 0.5) is 22.7 Å². The summed E-state index contributed by atoms with van der Waals surface area (Å²) in [5.41, 5.74) is 30.1. The highest BCUT2D eigenvalue weighted by molar-refractivity contribution is 5.96. The summed E-state index contributed by atoms with van der Waals surface area (Å²) in [7, 11) is 0. The van der Waals surface area contributed by atoms with E-state index in [9.17, 15) is 0 Å². The Balaban J connectivity index is 0.771. The van der Waals surface area contributed by atoms with Crippen LogP contribution in [-0.4, -0.2) is 18.3 Å². The average Bonchev–Trinajstić information content (AvgIpc) is 2.23. The van der Waals surface area contributed by atoms with Crippen LogP contribution in [0.5, 0.6) is 0 Å². The molecule has 11 aromatic carbocycles. The summed E-state index contributed by atoms with van der Waals surface area (Å²) < 4.78 is 0. The van der Waals surface area contributed by atoms with E-state index in [4.69, 9.17) is 4.98 Å². The molecular formula is C81H57N5. The quantitative estimate of drug-likeness (QED) is 0.129. The third-order valence-electron chi connectivity index (χ3n) is 17.3. The number of anilines is 4. The topological polar surface area (TPSA) is 25.9 Å². The summed E-state index contributed by atoms with van der Waals surface area (Å²) in [6.45, 7) is 1.52. The van der Waals surface area contributed by atoms with Gasteiger partial charge in [-0.05, 0) is 186 Å². The minimum atomic E-state index is 0.761. The van der Waals surface area contributed by atoms with E-state index in [2.05, 4.69) is 335 Å². The molecule has 406 valence electrons. The van der Waals surface area contributed by atoms with Crippen LogP contribution in [0.2, 0.25) is 0 Å². The van der Waals surface area contributed by atoms with Crippen LogP contribution in [0.15, 0.2) is 321 Å². The van der Waals surface area contributed by atoms with Crippen molar-refractivity contribution < 1.29 is 0 Å². The van der Waals surface area contributed by atoms with Crippen molar-refractivity contribution in [2.24, 2.45) is 0 Å². The van der Waals surface area contributed by atoms with E-state index in [0.717, 1.165) is 63.5 Å². The van der Waals surface area contributed by atoms with Crippen molar-refractivity contribution in [2.75, 3.05) is 32.9 Å². The number of pyridine rings is 1. The van der Waals surface area contributed by atoms with E-state index >= 15 is 0 Å². The summed E-state index contributed by atoms with van der Waals surface area (Å²) >= 11 is 0. The van der Waals surface area contributed by atoms with Gasteiger partial charge in [0.15, 0.2) is 0 Å². The molecule has 0 unspecified atom stereocenters. The molecule has 0 atom stereocenters. The third-order valence-corrected chi connectivity index (χ3v) is 17.3. The molecule has 16 rings (SSSR count). The number of hydrogen-bond donors (Lipinski definition) is 0. The lowest BCUT2D eigenvalue weighted by molar-refractivity contribution is 0.957. The molecule has 12 aromatic rings. The zero-order valence-corrected chi connectivity index (χ0v) is 47.2. The minimum absolute atomic E-state index is 0.761. The van der Waals surface area contributed by atoms with Crippen LogP contribution in [-0.2, 0) is 0 Å². The molecule has 4 aliphatic rings. The van der Waals surface area contributed by atoms with Gasteiger partial charge in [0.1, 0.15) is 0 Å². The Kier molecular flexibility index (Phi) is 12.6. The number of rotatable bonds is 11. The maximum atomic E-state index is 5.17. The zero-order valence-electron chi connectivity index (χ0n) is 47.2. The van der Waals surface area contributed by atoms with Gasteiger partial charge in [-0.2, -0.15) is 0 Å². The second kappa shape index (κ2) is 21.5. The fourth-order valence-corrected chi connectivity index (χ4v) is 12.9. The molecule has 0 amide bonds. The molecule has 86 heavy (non-hydrogen) atoms. The Morgan fingerprint density at radius 1 is 0.256 bits per heavy atom. The van der Waals surface area contributed by atoms with E-state index in [0.29, 0.717) is 0 Å². The Morgan fingerprint density at radius 3 is 1.08 bits per heavy atom. The van der Waals surface area contributed by atoms with Crippen molar-refractivity contribution in [3.8, 4) is 100 Å². The first-order valence-electron chi connectivity index (χ1n) is 29.5. The number of nitrogens with zero attached hydrogens (tertiary/aromatic N) is 5. The molecule has 0 aliphatic carbocycles. The predicted octanol–water partition coefficient (Wildman–Crippen LogP) is 20.4. The lowest BCUT2D eigenvalue weighted by Gasteiger charge is -2.28. The zero-order chi connectivity index (χ0) is 56.9. The van der Waals surface area contributed by atoms with Crippen LogP contribution in [0.25, 0.3) is 112 Å². The van der Waals surface area contributed by atoms with Gasteiger partial charge in [-0.3, -0.25) is 4.98 Å². The minimum Gasteiger partial charge on any atom is -0.327 e. The number of fused-ring (bicyclic) bond motifs is 6. The fraction of sp³-hybridized carbons (Fsp3) is 0.0247. The van der Waals surface area contributed by atoms with E-state index in [1.54, 1.807) is 0 Å². The molecule has 0 radical (unpaired) electrons. The first-order valence-corrected chi connectivity index (χ1v) is 29.5. The van der Waals surface area contributed by atoms with Crippen LogP contribution < -0.4 is 19.6 Å². The summed E-state index contributed by atoms with van der Waals surface area (Å²) in [5.74, 6) is 0. The van der Waals surface area contributed by atoms with Crippen LogP contribution in [0.1, 0.15) is 11.1 Å². The number of aromatic nitrogens is 1. The Hall–Kier alpha value is -11.3. The molecule has 5 heterocycles. The predicted molar refractivity (Wildman–Crippen MR) is 360 cm³/mol. The van der Waals surface area contributed by atoms with Crippen molar-refractivity contribution in [3.63, 3.8) is 0 Å². The average molecular weight is 1100 g/mol. The largest absolute Gasteiger partial charge is 0.327 e. The third kappa shape index (κ3) is 9.38. The van der Waals surface area contributed by atoms with Gasteiger partial charge in [0, 0.05) is 41.1 Å². The van der Waals surface area contributed by atoms with Crippen molar-refractivity contribution in [2.45, 2.75) is 0 Å². The van der Waals surface area contributed by atoms with Crippen molar-refractivity contribution >= 4 is 34.9 Å². The monoisotopic (exact) mass is 1100 g/mol. The van der Waals surface area contributed by atoms with Crippen molar-refractivity contribution in [3.05, 3.63) is 332 Å². The van der Waals surface area contributed by atoms with Gasteiger partial charge in [-0.1, -0.05) is 212 Å². The van der Waals surface area contributed by atoms with Gasteiger partial charge in [0.25, 0.3) is 0 Å². The van der Waals surface area contributed by atoms with E-state index in [1.807, 2.05) is 6.20 Å². The smallest absolute Gasteiger partial charge is 0.0995 e. The number of benzene rings is 11. The molecule has 0 saturated heterocycles. The van der Waals surface area contributed by atoms with Gasteiger partial charge in [-0.25, -0.2) is 0 Å². The summed E-state index contributed by atoms with van der Waals surface area (Å²) in [4.78, 5) is 14.6. The van der Waals surface area contributed by atoms with Crippen molar-refractivity contribution in [1.29, 1.82) is 0 Å². The second-order valence-corrected chi connectivity index (χ2v) is 22.5. The fourth-order valence-electron chi connectivity index (χ4n) is 12.9. The first kappa shape index (κ1) is 50.5. The lowest BCUT2D eigenvalue weighted by atomic mass is 9.86. The van der Waals surface area contributed by atoms with Gasteiger partial charge in [0.2, 0.25) is 0 Å². The Bertz CT molecular complexity index is 4500. The normalized spacial score (nSPS) is 13.7. The maximum Gasteiger partial charge on any atom is 0.0995 e. The van der Waals surface area contributed by atoms with E-state index in [-0.39, 0.29) is 0 Å². The highest BCUT2D eigenvalue weighted by Gasteiger charge is 2.28. The highest BCUT2D eigenvalue weighted by Crippen LogP contribution is 2.46. The maximum absolute atomic E-state index is 5.17. The van der Waals surface area contributed by atoms with Crippen molar-refractivity contribution in [1.82, 2.24) is 4.98 Å². The first-order chi connectivity index (χ1) is 42.6. The molecule has 4 aliphatic heterocycles. The number of hydrogen-bond acceptors (Lipinski definition) is 5. The summed E-state index contributed by atoms with van der Waals surface area (Å²) in [6, 6.07) is 102. The highest BCUT2D eigenvalue weighted by atomic mass is 15.4. The standard InChI is InChI=1S/C81H57N5/c1-4-17-56(18-5-1)57-31-33-58(34-32-57)59-19-16-20-62(45-59)79-42-37-65(51-82-79)75-27-12-15-30-78(75)68-49-66(76-28-13-10-25-73(76)60-38-43-80-63(46-60)35-40-71-52-83(54-85(71)80)69-21-6-2-7-22-69)48-67(50-68)77-29-14-11-26-74(77)61-39-44-81-64(47-61)36-41-72-53-84(55-86(72)81)70-23-8-3-9-24-70/h1-53H,54-55H2. The number of allylic oxidation sites excluding steroid dienone is 2. The molecule has 1 aromatic heterocycles.